The zero-order valence-electron chi connectivity index (χ0n) is 15.7. The van der Waals surface area contributed by atoms with Gasteiger partial charge in [0.15, 0.2) is 0 Å². The monoisotopic (exact) mass is 366 g/mol. The summed E-state index contributed by atoms with van der Waals surface area (Å²) in [6.45, 7) is 6.45. The van der Waals surface area contributed by atoms with Crippen LogP contribution in [0.4, 0.5) is 15.8 Å². The lowest BCUT2D eigenvalue weighted by atomic mass is 10.2. The number of hydrogen-bond acceptors (Lipinski definition) is 3. The van der Waals surface area contributed by atoms with Crippen LogP contribution in [0.3, 0.4) is 0 Å². The first-order chi connectivity index (χ1) is 13.0. The highest BCUT2D eigenvalue weighted by molar-refractivity contribution is 5.95. The number of likely N-dealkylation sites (N-methyl/N-ethyl adjacent to an activating group) is 1. The van der Waals surface area contributed by atoms with E-state index >= 15 is 0 Å². The number of carbonyl (C=O) groups excluding carboxylic acids is 1. The Morgan fingerprint density at radius 1 is 1.15 bits per heavy atom. The molecular weight excluding hydrogens is 343 g/mol. The number of carbonyl (C=O) groups is 1. The first-order valence-corrected chi connectivity index (χ1v) is 8.91. The zero-order valence-corrected chi connectivity index (χ0v) is 15.7. The molecule has 0 atom stereocenters. The number of para-hydroxylation sites is 1. The summed E-state index contributed by atoms with van der Waals surface area (Å²) >= 11 is 0. The smallest absolute Gasteiger partial charge is 0.243 e. The number of aromatic nitrogens is 2. The first-order valence-electron chi connectivity index (χ1n) is 8.91. The van der Waals surface area contributed by atoms with E-state index in [0.29, 0.717) is 17.9 Å². The molecule has 27 heavy (non-hydrogen) atoms. The second-order valence-electron chi connectivity index (χ2n) is 6.34. The van der Waals surface area contributed by atoms with Crippen molar-refractivity contribution in [2.24, 2.45) is 0 Å². The summed E-state index contributed by atoms with van der Waals surface area (Å²) in [5.74, 6) is -0.484. The van der Waals surface area contributed by atoms with E-state index in [1.165, 1.54) is 12.1 Å². The molecule has 2 aromatic carbocycles. The summed E-state index contributed by atoms with van der Waals surface area (Å²) in [5.41, 5.74) is 3.94. The third kappa shape index (κ3) is 4.16. The molecule has 3 aromatic rings. The SMILES string of the molecule is CCN(CC(=O)Nc1c(C)nn(-c2ccccc2)c1C)c1cccc(F)c1. The summed E-state index contributed by atoms with van der Waals surface area (Å²) in [7, 11) is 0. The maximum absolute atomic E-state index is 13.5. The Labute approximate surface area is 158 Å². The summed E-state index contributed by atoms with van der Waals surface area (Å²) in [6, 6.07) is 16.0. The Kier molecular flexibility index (Phi) is 5.54. The van der Waals surface area contributed by atoms with E-state index in [9.17, 15) is 9.18 Å². The van der Waals surface area contributed by atoms with Crippen molar-refractivity contribution in [3.63, 3.8) is 0 Å². The Morgan fingerprint density at radius 3 is 2.56 bits per heavy atom. The van der Waals surface area contributed by atoms with Crippen molar-refractivity contribution in [1.29, 1.82) is 0 Å². The third-order valence-corrected chi connectivity index (χ3v) is 4.45. The highest BCUT2D eigenvalue weighted by Crippen LogP contribution is 2.23. The van der Waals surface area contributed by atoms with Gasteiger partial charge in [0.25, 0.3) is 0 Å². The Bertz CT molecular complexity index is 937. The van der Waals surface area contributed by atoms with Crippen LogP contribution in [0.25, 0.3) is 5.69 Å². The fraction of sp³-hybridized carbons (Fsp3) is 0.238. The molecule has 1 N–H and O–H groups in total. The number of aryl methyl sites for hydroxylation is 1. The van der Waals surface area contributed by atoms with Crippen LogP contribution in [-0.2, 0) is 4.79 Å². The minimum Gasteiger partial charge on any atom is -0.362 e. The molecule has 140 valence electrons. The summed E-state index contributed by atoms with van der Waals surface area (Å²) in [5, 5.41) is 7.50. The summed E-state index contributed by atoms with van der Waals surface area (Å²) in [6.07, 6.45) is 0. The lowest BCUT2D eigenvalue weighted by molar-refractivity contribution is -0.115. The number of benzene rings is 2. The quantitative estimate of drug-likeness (QED) is 0.715. The van der Waals surface area contributed by atoms with E-state index in [4.69, 9.17) is 0 Å². The van der Waals surface area contributed by atoms with Crippen LogP contribution < -0.4 is 10.2 Å². The van der Waals surface area contributed by atoms with Gasteiger partial charge in [0.2, 0.25) is 5.91 Å². The van der Waals surface area contributed by atoms with Crippen LogP contribution in [0, 0.1) is 19.7 Å². The predicted octanol–water partition coefficient (Wildman–Crippen LogP) is 4.09. The topological polar surface area (TPSA) is 50.2 Å². The van der Waals surface area contributed by atoms with Gasteiger partial charge in [0, 0.05) is 12.2 Å². The van der Waals surface area contributed by atoms with Gasteiger partial charge >= 0.3 is 0 Å². The molecule has 0 aliphatic carbocycles. The number of amides is 1. The lowest BCUT2D eigenvalue weighted by Gasteiger charge is -2.22. The van der Waals surface area contributed by atoms with E-state index in [0.717, 1.165) is 17.1 Å². The van der Waals surface area contributed by atoms with Crippen LogP contribution in [0.5, 0.6) is 0 Å². The molecule has 0 radical (unpaired) electrons. The standard InChI is InChI=1S/C21H23FN4O/c1-4-25(19-12-8-9-17(22)13-19)14-20(27)23-21-15(2)24-26(16(21)3)18-10-6-5-7-11-18/h5-13H,4,14H2,1-3H3,(H,23,27). The van der Waals surface area contributed by atoms with Crippen LogP contribution in [-0.4, -0.2) is 28.8 Å². The summed E-state index contributed by atoms with van der Waals surface area (Å²) < 4.78 is 15.3. The van der Waals surface area contributed by atoms with Crippen LogP contribution in [0.2, 0.25) is 0 Å². The zero-order chi connectivity index (χ0) is 19.4. The molecule has 1 aromatic heterocycles. The molecule has 5 nitrogen and oxygen atoms in total. The van der Waals surface area contributed by atoms with Crippen LogP contribution in [0.1, 0.15) is 18.3 Å². The van der Waals surface area contributed by atoms with Gasteiger partial charge in [-0.1, -0.05) is 24.3 Å². The normalized spacial score (nSPS) is 10.7. The molecule has 0 aliphatic rings. The van der Waals surface area contributed by atoms with Crippen molar-refractivity contribution < 1.29 is 9.18 Å². The molecule has 0 saturated carbocycles. The van der Waals surface area contributed by atoms with Crippen LogP contribution in [0.15, 0.2) is 54.6 Å². The van der Waals surface area contributed by atoms with Crippen molar-refractivity contribution >= 4 is 17.3 Å². The van der Waals surface area contributed by atoms with Gasteiger partial charge in [-0.25, -0.2) is 9.07 Å². The maximum Gasteiger partial charge on any atom is 0.243 e. The van der Waals surface area contributed by atoms with Gasteiger partial charge in [-0.3, -0.25) is 4.79 Å². The lowest BCUT2D eigenvalue weighted by Crippen LogP contribution is -2.33. The minimum atomic E-state index is -0.317. The largest absolute Gasteiger partial charge is 0.362 e. The number of anilines is 2. The Morgan fingerprint density at radius 2 is 1.89 bits per heavy atom. The molecule has 0 bridgehead atoms. The van der Waals surface area contributed by atoms with Gasteiger partial charge in [-0.15, -0.1) is 0 Å². The molecule has 1 amide bonds. The molecule has 0 fully saturated rings. The highest BCUT2D eigenvalue weighted by Gasteiger charge is 2.17. The number of hydrogen-bond donors (Lipinski definition) is 1. The van der Waals surface area contributed by atoms with Gasteiger partial charge in [-0.05, 0) is 51.1 Å². The fourth-order valence-electron chi connectivity index (χ4n) is 3.05. The molecule has 0 unspecified atom stereocenters. The molecular formula is C21H23FN4O. The molecule has 3 rings (SSSR count). The van der Waals surface area contributed by atoms with Crippen LogP contribution >= 0.6 is 0 Å². The molecule has 6 heteroatoms. The van der Waals surface area contributed by atoms with E-state index in [1.54, 1.807) is 12.1 Å². The average Bonchev–Trinajstić information content (AvgIpc) is 2.95. The van der Waals surface area contributed by atoms with Crippen molar-refractivity contribution in [3.05, 3.63) is 71.8 Å². The molecule has 0 aliphatic heterocycles. The van der Waals surface area contributed by atoms with Crippen molar-refractivity contribution in [2.45, 2.75) is 20.8 Å². The Balaban J connectivity index is 1.77. The summed E-state index contributed by atoms with van der Waals surface area (Å²) in [4.78, 5) is 14.4. The first kappa shape index (κ1) is 18.6. The third-order valence-electron chi connectivity index (χ3n) is 4.45. The average molecular weight is 366 g/mol. The van der Waals surface area contributed by atoms with Gasteiger partial charge in [0.05, 0.1) is 29.3 Å². The fourth-order valence-corrected chi connectivity index (χ4v) is 3.05. The van der Waals surface area contributed by atoms with E-state index in [-0.39, 0.29) is 18.3 Å². The van der Waals surface area contributed by atoms with E-state index in [2.05, 4.69) is 10.4 Å². The minimum absolute atomic E-state index is 0.134. The van der Waals surface area contributed by atoms with Gasteiger partial charge in [0.1, 0.15) is 5.82 Å². The number of nitrogens with one attached hydrogen (secondary N) is 1. The van der Waals surface area contributed by atoms with E-state index in [1.807, 2.05) is 60.7 Å². The van der Waals surface area contributed by atoms with Crippen molar-refractivity contribution in [1.82, 2.24) is 9.78 Å². The second-order valence-corrected chi connectivity index (χ2v) is 6.34. The Hall–Kier alpha value is -3.15. The van der Waals surface area contributed by atoms with Crippen molar-refractivity contribution in [3.8, 4) is 5.69 Å². The second kappa shape index (κ2) is 8.03. The molecule has 0 saturated heterocycles. The van der Waals surface area contributed by atoms with Gasteiger partial charge in [-0.2, -0.15) is 5.10 Å². The number of nitrogens with zero attached hydrogens (tertiary/aromatic N) is 3. The highest BCUT2D eigenvalue weighted by atomic mass is 19.1. The van der Waals surface area contributed by atoms with Crippen molar-refractivity contribution in [2.75, 3.05) is 23.3 Å². The van der Waals surface area contributed by atoms with Gasteiger partial charge < -0.3 is 10.2 Å². The maximum atomic E-state index is 13.5. The molecule has 1 heterocycles. The number of halogens is 1. The molecule has 0 spiro atoms. The number of rotatable bonds is 6. The van der Waals surface area contributed by atoms with E-state index < -0.39 is 0 Å². The predicted molar refractivity (Wildman–Crippen MR) is 106 cm³/mol.